The summed E-state index contributed by atoms with van der Waals surface area (Å²) < 4.78 is 0. The van der Waals surface area contributed by atoms with Gasteiger partial charge in [-0.05, 0) is 13.0 Å². The summed E-state index contributed by atoms with van der Waals surface area (Å²) in [5.74, 6) is 0.706. The molecule has 3 nitrogen and oxygen atoms in total. The van der Waals surface area contributed by atoms with Crippen LogP contribution in [0.15, 0.2) is 12.3 Å². The molecule has 0 aromatic carbocycles. The highest BCUT2D eigenvalue weighted by atomic mass is 35.5. The Hall–Kier alpha value is -0.670. The normalized spacial score (nSPS) is 8.22. The van der Waals surface area contributed by atoms with Crippen molar-refractivity contribution in [3.8, 4) is 0 Å². The highest BCUT2D eigenvalue weighted by molar-refractivity contribution is 6.29. The van der Waals surface area contributed by atoms with E-state index >= 15 is 0 Å². The lowest BCUT2D eigenvalue weighted by atomic mass is 10.6. The molecule has 3 N–H and O–H groups in total. The van der Waals surface area contributed by atoms with E-state index < -0.39 is 0 Å². The highest BCUT2D eigenvalue weighted by Gasteiger charge is 1.85. The van der Waals surface area contributed by atoms with Crippen LogP contribution in [0.1, 0.15) is 5.82 Å². The first-order valence-corrected chi connectivity index (χ1v) is 2.62. The second-order valence-electron chi connectivity index (χ2n) is 1.43. The van der Waals surface area contributed by atoms with Gasteiger partial charge in [-0.2, -0.15) is 0 Å². The van der Waals surface area contributed by atoms with Crippen LogP contribution in [0.5, 0.6) is 0 Å². The molecule has 0 unspecified atom stereocenters. The molecule has 1 heterocycles. The Kier molecular flexibility index (Phi) is 3.12. The molecule has 0 aliphatic rings. The Morgan fingerprint density at radius 2 is 2.22 bits per heavy atom. The van der Waals surface area contributed by atoms with Crippen LogP contribution in [0, 0.1) is 6.92 Å². The minimum absolute atomic E-state index is 0. The van der Waals surface area contributed by atoms with E-state index in [1.54, 1.807) is 19.2 Å². The Labute approximate surface area is 58.7 Å². The van der Waals surface area contributed by atoms with Crippen molar-refractivity contribution in [1.82, 2.24) is 16.1 Å². The van der Waals surface area contributed by atoms with Crippen molar-refractivity contribution < 1.29 is 0 Å². The maximum atomic E-state index is 5.49. The first-order chi connectivity index (χ1) is 3.79. The molecule has 0 aliphatic carbocycles. The van der Waals surface area contributed by atoms with Crippen LogP contribution in [0.3, 0.4) is 0 Å². The topological polar surface area (TPSA) is 60.8 Å². The van der Waals surface area contributed by atoms with Gasteiger partial charge in [-0.25, -0.2) is 9.97 Å². The molecular weight excluding hydrogens is 138 g/mol. The van der Waals surface area contributed by atoms with E-state index in [0.717, 1.165) is 0 Å². The molecule has 1 aromatic rings. The largest absolute Gasteiger partial charge is 0.344 e. The summed E-state index contributed by atoms with van der Waals surface area (Å²) in [6.45, 7) is 1.80. The van der Waals surface area contributed by atoms with Crippen molar-refractivity contribution in [2.24, 2.45) is 0 Å². The molecule has 0 radical (unpaired) electrons. The zero-order valence-corrected chi connectivity index (χ0v) is 5.89. The third kappa shape index (κ3) is 2.39. The molecule has 0 aliphatic heterocycles. The van der Waals surface area contributed by atoms with Crippen LogP contribution in [-0.2, 0) is 0 Å². The average molecular weight is 146 g/mol. The van der Waals surface area contributed by atoms with Crippen molar-refractivity contribution in [2.75, 3.05) is 0 Å². The lowest BCUT2D eigenvalue weighted by molar-refractivity contribution is 1.05. The number of nitrogens with zero attached hydrogens (tertiary/aromatic N) is 2. The summed E-state index contributed by atoms with van der Waals surface area (Å²) in [5.41, 5.74) is 0. The van der Waals surface area contributed by atoms with Crippen LogP contribution in [-0.4, -0.2) is 9.97 Å². The first-order valence-electron chi connectivity index (χ1n) is 2.24. The molecule has 9 heavy (non-hydrogen) atoms. The van der Waals surface area contributed by atoms with E-state index in [4.69, 9.17) is 11.6 Å². The minimum atomic E-state index is 0. The summed E-state index contributed by atoms with van der Waals surface area (Å²) in [6, 6.07) is 1.65. The van der Waals surface area contributed by atoms with E-state index in [1.165, 1.54) is 0 Å². The zero-order chi connectivity index (χ0) is 5.98. The van der Waals surface area contributed by atoms with Gasteiger partial charge in [0.15, 0.2) is 0 Å². The molecule has 1 rings (SSSR count). The molecule has 0 atom stereocenters. The summed E-state index contributed by atoms with van der Waals surface area (Å²) in [5, 5.41) is 0.498. The van der Waals surface area contributed by atoms with Gasteiger partial charge in [-0.3, -0.25) is 0 Å². The van der Waals surface area contributed by atoms with Gasteiger partial charge in [0.25, 0.3) is 0 Å². The maximum Gasteiger partial charge on any atom is 0.132 e. The molecule has 0 saturated carbocycles. The van der Waals surface area contributed by atoms with Gasteiger partial charge in [-0.15, -0.1) is 0 Å². The summed E-state index contributed by atoms with van der Waals surface area (Å²) in [4.78, 5) is 7.67. The van der Waals surface area contributed by atoms with Crippen LogP contribution in [0.25, 0.3) is 0 Å². The standard InChI is InChI=1S/C5H5ClN2.H3N/c1-4-7-3-2-5(6)8-4;/h2-3H,1H3;1H3. The lowest BCUT2D eigenvalue weighted by Crippen LogP contribution is -1.83. The number of hydrogen-bond acceptors (Lipinski definition) is 3. The van der Waals surface area contributed by atoms with E-state index in [-0.39, 0.29) is 6.15 Å². The second kappa shape index (κ2) is 3.37. The fourth-order valence-corrected chi connectivity index (χ4v) is 0.606. The molecule has 1 aromatic heterocycles. The van der Waals surface area contributed by atoms with E-state index in [1.807, 2.05) is 0 Å². The van der Waals surface area contributed by atoms with Gasteiger partial charge < -0.3 is 6.15 Å². The number of aromatic nitrogens is 2. The number of aryl methyl sites for hydroxylation is 1. The van der Waals surface area contributed by atoms with Crippen LogP contribution in [0.4, 0.5) is 0 Å². The van der Waals surface area contributed by atoms with Crippen molar-refractivity contribution in [3.05, 3.63) is 23.2 Å². The fourth-order valence-electron chi connectivity index (χ4n) is 0.427. The minimum Gasteiger partial charge on any atom is -0.344 e. The van der Waals surface area contributed by atoms with Gasteiger partial charge in [0.1, 0.15) is 11.0 Å². The number of rotatable bonds is 0. The molecule has 0 amide bonds. The quantitative estimate of drug-likeness (QED) is 0.564. The van der Waals surface area contributed by atoms with E-state index in [0.29, 0.717) is 11.0 Å². The molecular formula is C5H8ClN3. The monoisotopic (exact) mass is 145 g/mol. The molecule has 4 heteroatoms. The first kappa shape index (κ1) is 8.33. The Morgan fingerprint density at radius 3 is 2.56 bits per heavy atom. The van der Waals surface area contributed by atoms with Crippen molar-refractivity contribution in [1.29, 1.82) is 0 Å². The van der Waals surface area contributed by atoms with Crippen molar-refractivity contribution in [3.63, 3.8) is 0 Å². The zero-order valence-electron chi connectivity index (χ0n) is 5.13. The van der Waals surface area contributed by atoms with Gasteiger partial charge in [0, 0.05) is 6.20 Å². The Bertz CT molecular complexity index is 172. The average Bonchev–Trinajstić information content (AvgIpc) is 1.64. The lowest BCUT2D eigenvalue weighted by Gasteiger charge is -1.87. The maximum absolute atomic E-state index is 5.49. The molecule has 0 bridgehead atoms. The van der Waals surface area contributed by atoms with Crippen molar-refractivity contribution >= 4 is 11.6 Å². The van der Waals surface area contributed by atoms with Crippen LogP contribution < -0.4 is 6.15 Å². The number of hydrogen-bond donors (Lipinski definition) is 1. The Morgan fingerprint density at radius 1 is 1.56 bits per heavy atom. The van der Waals surface area contributed by atoms with Crippen LogP contribution >= 0.6 is 11.6 Å². The molecule has 0 fully saturated rings. The van der Waals surface area contributed by atoms with E-state index in [9.17, 15) is 0 Å². The highest BCUT2D eigenvalue weighted by Crippen LogP contribution is 1.99. The van der Waals surface area contributed by atoms with Gasteiger partial charge in [-0.1, -0.05) is 11.6 Å². The van der Waals surface area contributed by atoms with Gasteiger partial charge in [0.2, 0.25) is 0 Å². The van der Waals surface area contributed by atoms with Crippen LogP contribution in [0.2, 0.25) is 5.15 Å². The summed E-state index contributed by atoms with van der Waals surface area (Å²) >= 11 is 5.49. The predicted octanol–water partition coefficient (Wildman–Crippen LogP) is 1.60. The smallest absolute Gasteiger partial charge is 0.132 e. The summed E-state index contributed by atoms with van der Waals surface area (Å²) in [6.07, 6.45) is 1.63. The Balaban J connectivity index is 0.000000640. The fraction of sp³-hybridized carbons (Fsp3) is 0.200. The van der Waals surface area contributed by atoms with Gasteiger partial charge >= 0.3 is 0 Å². The van der Waals surface area contributed by atoms with Crippen molar-refractivity contribution in [2.45, 2.75) is 6.92 Å². The molecule has 50 valence electrons. The van der Waals surface area contributed by atoms with Gasteiger partial charge in [0.05, 0.1) is 0 Å². The third-order valence-electron chi connectivity index (χ3n) is 0.742. The van der Waals surface area contributed by atoms with E-state index in [2.05, 4.69) is 9.97 Å². The predicted molar refractivity (Wildman–Crippen MR) is 36.8 cm³/mol. The second-order valence-corrected chi connectivity index (χ2v) is 1.81. The molecule has 0 spiro atoms. The SMILES string of the molecule is Cc1nccc(Cl)n1.N. The third-order valence-corrected chi connectivity index (χ3v) is 0.953. The summed E-state index contributed by atoms with van der Waals surface area (Å²) in [7, 11) is 0. The molecule has 0 saturated heterocycles. The number of halogens is 1.